The second kappa shape index (κ2) is 7.60. The molecule has 0 spiro atoms. The molecule has 0 aromatic carbocycles. The first-order chi connectivity index (χ1) is 9.74. The molecule has 9 heteroatoms. The van der Waals surface area contributed by atoms with Crippen molar-refractivity contribution in [3.05, 3.63) is 0 Å². The highest BCUT2D eigenvalue weighted by Gasteiger charge is 2.43. The lowest BCUT2D eigenvalue weighted by atomic mass is 10.1. The fourth-order valence-corrected chi connectivity index (χ4v) is 1.83. The molecule has 1 atom stereocenters. The average Bonchev–Trinajstić information content (AvgIpc) is 2.40. The molecule has 0 aliphatic carbocycles. The van der Waals surface area contributed by atoms with Crippen molar-refractivity contribution in [1.29, 1.82) is 0 Å². The minimum absolute atomic E-state index is 0.113. The summed E-state index contributed by atoms with van der Waals surface area (Å²) < 4.78 is 46.4. The van der Waals surface area contributed by atoms with E-state index in [1.165, 1.54) is 0 Å². The van der Waals surface area contributed by atoms with Gasteiger partial charge in [0, 0.05) is 13.1 Å². The molecule has 0 saturated carbocycles. The minimum Gasteiger partial charge on any atom is -0.464 e. The Bertz CT molecular complexity index is 366. The molecule has 1 saturated heterocycles. The number of esters is 1. The summed E-state index contributed by atoms with van der Waals surface area (Å²) in [5, 5.41) is 0.949. The maximum Gasteiger partial charge on any atom is 0.492 e. The molecule has 1 rings (SSSR count). The summed E-state index contributed by atoms with van der Waals surface area (Å²) in [6.07, 6.45) is -5.32. The van der Waals surface area contributed by atoms with Gasteiger partial charge in [-0.1, -0.05) is 0 Å². The molecular formula is C12H18F3NO5. The van der Waals surface area contributed by atoms with Crippen LogP contribution in [-0.4, -0.2) is 55.1 Å². The maximum atomic E-state index is 12.0. The van der Waals surface area contributed by atoms with Crippen molar-refractivity contribution in [3.8, 4) is 0 Å². The number of hydrogen-bond donors (Lipinski definition) is 0. The van der Waals surface area contributed by atoms with Crippen LogP contribution in [0.5, 0.6) is 0 Å². The van der Waals surface area contributed by atoms with Crippen molar-refractivity contribution in [2.75, 3.05) is 19.7 Å². The number of carbonyl (C=O) groups excluding carboxylic acids is 2. The van der Waals surface area contributed by atoms with Crippen LogP contribution >= 0.6 is 0 Å². The molecular weight excluding hydrogens is 295 g/mol. The maximum absolute atomic E-state index is 12.0. The molecule has 1 unspecified atom stereocenters. The highest BCUT2D eigenvalue weighted by atomic mass is 19.4. The first-order valence-electron chi connectivity index (χ1n) is 6.60. The zero-order valence-electron chi connectivity index (χ0n) is 11.8. The number of hydrogen-bond acceptors (Lipinski definition) is 6. The van der Waals surface area contributed by atoms with E-state index in [0.29, 0.717) is 12.8 Å². The number of hydroxylamine groups is 2. The number of halogens is 3. The van der Waals surface area contributed by atoms with Crippen LogP contribution in [0.4, 0.5) is 13.2 Å². The van der Waals surface area contributed by atoms with E-state index in [1.54, 1.807) is 13.8 Å². The number of ether oxygens (including phenoxy) is 2. The van der Waals surface area contributed by atoms with E-state index in [4.69, 9.17) is 9.47 Å². The highest BCUT2D eigenvalue weighted by molar-refractivity contribution is 5.75. The van der Waals surface area contributed by atoms with Crippen molar-refractivity contribution >= 4 is 11.9 Å². The van der Waals surface area contributed by atoms with E-state index in [1.807, 2.05) is 0 Å². The molecule has 0 bridgehead atoms. The van der Waals surface area contributed by atoms with Gasteiger partial charge in [-0.15, -0.1) is 5.06 Å². The van der Waals surface area contributed by atoms with Crippen LogP contribution in [0.25, 0.3) is 0 Å². The lowest BCUT2D eigenvalue weighted by molar-refractivity contribution is -0.244. The number of rotatable bonds is 5. The van der Waals surface area contributed by atoms with E-state index < -0.39 is 24.2 Å². The van der Waals surface area contributed by atoms with E-state index in [9.17, 15) is 22.8 Å². The summed E-state index contributed by atoms with van der Waals surface area (Å²) in [5.41, 5.74) is 0. The molecule has 122 valence electrons. The Morgan fingerprint density at radius 2 is 1.86 bits per heavy atom. The Labute approximate surface area is 120 Å². The number of nitrogens with zero attached hydrogens (tertiary/aromatic N) is 1. The predicted molar refractivity (Wildman–Crippen MR) is 63.9 cm³/mol. The van der Waals surface area contributed by atoms with Crippen LogP contribution < -0.4 is 0 Å². The molecule has 21 heavy (non-hydrogen) atoms. The van der Waals surface area contributed by atoms with Gasteiger partial charge in [-0.3, -0.25) is 0 Å². The van der Waals surface area contributed by atoms with Crippen LogP contribution in [0.3, 0.4) is 0 Å². The summed E-state index contributed by atoms with van der Waals surface area (Å²) in [6, 6.07) is 0. The van der Waals surface area contributed by atoms with Gasteiger partial charge in [0.2, 0.25) is 0 Å². The molecule has 0 amide bonds. The topological polar surface area (TPSA) is 65.1 Å². The van der Waals surface area contributed by atoms with Crippen LogP contribution in [0.1, 0.15) is 26.7 Å². The summed E-state index contributed by atoms with van der Waals surface area (Å²) >= 11 is 0. The van der Waals surface area contributed by atoms with Crippen LogP contribution in [0, 0.1) is 0 Å². The normalized spacial score (nSPS) is 19.1. The third-order valence-electron chi connectivity index (χ3n) is 2.86. The smallest absolute Gasteiger partial charge is 0.464 e. The van der Waals surface area contributed by atoms with Gasteiger partial charge in [-0.25, -0.2) is 9.59 Å². The predicted octanol–water partition coefficient (Wildman–Crippen LogP) is 1.44. The summed E-state index contributed by atoms with van der Waals surface area (Å²) in [5.74, 6) is -2.72. The van der Waals surface area contributed by atoms with Gasteiger partial charge in [0.15, 0.2) is 6.10 Å². The Balaban J connectivity index is 2.32. The van der Waals surface area contributed by atoms with Crippen molar-refractivity contribution in [1.82, 2.24) is 5.06 Å². The molecule has 0 N–H and O–H groups in total. The van der Waals surface area contributed by atoms with E-state index in [0.717, 1.165) is 5.06 Å². The van der Waals surface area contributed by atoms with Gasteiger partial charge in [0.05, 0.1) is 12.7 Å². The van der Waals surface area contributed by atoms with Gasteiger partial charge < -0.3 is 14.3 Å². The average molecular weight is 313 g/mol. The third-order valence-corrected chi connectivity index (χ3v) is 2.86. The van der Waals surface area contributed by atoms with Gasteiger partial charge in [-0.05, 0) is 26.7 Å². The lowest BCUT2D eigenvalue weighted by Gasteiger charge is -2.31. The van der Waals surface area contributed by atoms with Gasteiger partial charge in [0.1, 0.15) is 0 Å². The Kier molecular flexibility index (Phi) is 6.41. The molecule has 0 radical (unpaired) electrons. The molecule has 0 aromatic rings. The second-order valence-corrected chi connectivity index (χ2v) is 4.54. The zero-order chi connectivity index (χ0) is 16.0. The first-order valence-corrected chi connectivity index (χ1v) is 6.60. The van der Waals surface area contributed by atoms with Crippen LogP contribution in [0.2, 0.25) is 0 Å². The summed E-state index contributed by atoms with van der Waals surface area (Å²) in [6.45, 7) is 3.70. The first kappa shape index (κ1) is 17.7. The molecule has 1 aliphatic heterocycles. The largest absolute Gasteiger partial charge is 0.492 e. The Hall–Kier alpha value is -1.35. The lowest BCUT2D eigenvalue weighted by Crippen LogP contribution is -2.42. The molecule has 0 aromatic heterocycles. The van der Waals surface area contributed by atoms with Crippen molar-refractivity contribution in [3.63, 3.8) is 0 Å². The molecule has 6 nitrogen and oxygen atoms in total. The fourth-order valence-electron chi connectivity index (χ4n) is 1.83. The van der Waals surface area contributed by atoms with Gasteiger partial charge in [0.25, 0.3) is 0 Å². The molecule has 1 aliphatic rings. The monoisotopic (exact) mass is 313 g/mol. The van der Waals surface area contributed by atoms with Crippen molar-refractivity contribution < 1.29 is 37.1 Å². The van der Waals surface area contributed by atoms with Crippen molar-refractivity contribution in [2.45, 2.75) is 45.1 Å². The molecule has 1 heterocycles. The third kappa shape index (κ3) is 5.88. The SMILES string of the molecule is CCOC(=O)C(C)OC1CCN(OC(=O)C(F)(F)F)CC1. The van der Waals surface area contributed by atoms with Crippen LogP contribution in [0.15, 0.2) is 0 Å². The van der Waals surface area contributed by atoms with E-state index >= 15 is 0 Å². The van der Waals surface area contributed by atoms with Gasteiger partial charge in [-0.2, -0.15) is 13.2 Å². The zero-order valence-corrected chi connectivity index (χ0v) is 11.8. The van der Waals surface area contributed by atoms with Crippen LogP contribution in [-0.2, 0) is 23.9 Å². The standard InChI is InChI=1S/C12H18F3NO5/c1-3-19-10(17)8(2)20-9-4-6-16(7-5-9)21-11(18)12(13,14)15/h8-9H,3-7H2,1-2H3. The Morgan fingerprint density at radius 3 is 2.33 bits per heavy atom. The summed E-state index contributed by atoms with van der Waals surface area (Å²) in [4.78, 5) is 26.3. The van der Waals surface area contributed by atoms with Crippen molar-refractivity contribution in [2.24, 2.45) is 0 Å². The number of piperidine rings is 1. The number of alkyl halides is 3. The summed E-state index contributed by atoms with van der Waals surface area (Å²) in [7, 11) is 0. The number of carbonyl (C=O) groups is 2. The molecule has 1 fully saturated rings. The second-order valence-electron chi connectivity index (χ2n) is 4.54. The Morgan fingerprint density at radius 1 is 1.29 bits per heavy atom. The fraction of sp³-hybridized carbons (Fsp3) is 0.833. The van der Waals surface area contributed by atoms with E-state index in [2.05, 4.69) is 4.84 Å². The minimum atomic E-state index is -5.01. The highest BCUT2D eigenvalue weighted by Crippen LogP contribution is 2.20. The van der Waals surface area contributed by atoms with Gasteiger partial charge >= 0.3 is 18.1 Å². The quantitative estimate of drug-likeness (QED) is 0.716. The van der Waals surface area contributed by atoms with E-state index in [-0.39, 0.29) is 25.8 Å².